The second-order valence-electron chi connectivity index (χ2n) is 7.39. The van der Waals surface area contributed by atoms with Crippen molar-refractivity contribution >= 4 is 34.8 Å². The van der Waals surface area contributed by atoms with Crippen LogP contribution in [0.25, 0.3) is 5.69 Å². The lowest BCUT2D eigenvalue weighted by atomic mass is 10.1. The zero-order chi connectivity index (χ0) is 21.8. The summed E-state index contributed by atoms with van der Waals surface area (Å²) in [4.78, 5) is 29.2. The van der Waals surface area contributed by atoms with Crippen LogP contribution in [0.15, 0.2) is 65.6 Å². The van der Waals surface area contributed by atoms with E-state index in [-0.39, 0.29) is 16.5 Å². The summed E-state index contributed by atoms with van der Waals surface area (Å²) < 4.78 is 1.29. The summed E-state index contributed by atoms with van der Waals surface area (Å²) in [6.45, 7) is 2.34. The number of nitrogens with zero attached hydrogens (tertiary/aromatic N) is 4. The third kappa shape index (κ3) is 4.92. The highest BCUT2D eigenvalue weighted by Crippen LogP contribution is 2.23. The lowest BCUT2D eigenvalue weighted by Gasteiger charge is -2.36. The summed E-state index contributed by atoms with van der Waals surface area (Å²) in [6, 6.07) is 16.7. The number of piperazine rings is 1. The van der Waals surface area contributed by atoms with Crippen molar-refractivity contribution in [1.82, 2.24) is 14.7 Å². The maximum absolute atomic E-state index is 12.7. The molecule has 1 saturated heterocycles. The van der Waals surface area contributed by atoms with Gasteiger partial charge >= 0.3 is 0 Å². The summed E-state index contributed by atoms with van der Waals surface area (Å²) >= 11 is 12.4. The average molecular weight is 457 g/mol. The maximum atomic E-state index is 12.7. The quantitative estimate of drug-likeness (QED) is 0.585. The smallest absolute Gasteiger partial charge is 0.292 e. The van der Waals surface area contributed by atoms with E-state index in [2.05, 4.69) is 5.10 Å². The Balaban J connectivity index is 1.38. The highest BCUT2D eigenvalue weighted by atomic mass is 35.5. The number of hydrogen-bond acceptors (Lipinski definition) is 4. The van der Waals surface area contributed by atoms with E-state index in [9.17, 15) is 9.59 Å². The molecule has 3 aromatic rings. The molecular formula is C23H22Cl2N4O2. The Morgan fingerprint density at radius 1 is 0.968 bits per heavy atom. The first-order valence-electron chi connectivity index (χ1n) is 10.1. The molecule has 31 heavy (non-hydrogen) atoms. The van der Waals surface area contributed by atoms with Gasteiger partial charge in [-0.3, -0.25) is 9.59 Å². The molecule has 160 valence electrons. The molecule has 0 unspecified atom stereocenters. The van der Waals surface area contributed by atoms with Crippen LogP contribution >= 0.6 is 23.2 Å². The topological polar surface area (TPSA) is 58.4 Å². The van der Waals surface area contributed by atoms with Crippen molar-refractivity contribution in [3.8, 4) is 5.69 Å². The summed E-state index contributed by atoms with van der Waals surface area (Å²) in [7, 11) is 0. The zero-order valence-corrected chi connectivity index (χ0v) is 18.4. The third-order valence-corrected chi connectivity index (χ3v) is 5.98. The van der Waals surface area contributed by atoms with Crippen molar-refractivity contribution in [3.05, 3.63) is 86.8 Å². The fourth-order valence-electron chi connectivity index (χ4n) is 3.70. The summed E-state index contributed by atoms with van der Waals surface area (Å²) in [5.74, 6) is 0.114. The maximum Gasteiger partial charge on any atom is 0.292 e. The van der Waals surface area contributed by atoms with Gasteiger partial charge in [-0.1, -0.05) is 53.5 Å². The number of hydrogen-bond donors (Lipinski definition) is 0. The monoisotopic (exact) mass is 456 g/mol. The second kappa shape index (κ2) is 9.54. The Morgan fingerprint density at radius 2 is 1.71 bits per heavy atom. The SMILES string of the molecule is O=C(CCc1cccc(Cl)c1)N1CCN(c2cnn(-c3ccccc3)c(=O)c2Cl)CC1. The molecule has 0 atom stereocenters. The Labute approximate surface area is 190 Å². The van der Waals surface area contributed by atoms with Crippen molar-refractivity contribution in [1.29, 1.82) is 0 Å². The Bertz CT molecular complexity index is 1130. The summed E-state index contributed by atoms with van der Waals surface area (Å²) in [5, 5.41) is 5.11. The molecule has 2 heterocycles. The number of amides is 1. The molecule has 6 nitrogen and oxygen atoms in total. The Morgan fingerprint density at radius 3 is 2.42 bits per heavy atom. The Kier molecular flexibility index (Phi) is 6.59. The number of anilines is 1. The first-order valence-corrected chi connectivity index (χ1v) is 10.9. The van der Waals surface area contributed by atoms with Crippen LogP contribution in [-0.2, 0) is 11.2 Å². The minimum Gasteiger partial charge on any atom is -0.365 e. The van der Waals surface area contributed by atoms with E-state index in [1.54, 1.807) is 18.3 Å². The van der Waals surface area contributed by atoms with Gasteiger partial charge in [0.15, 0.2) is 0 Å². The third-order valence-electron chi connectivity index (χ3n) is 5.39. The van der Waals surface area contributed by atoms with Gasteiger partial charge in [0.2, 0.25) is 5.91 Å². The highest BCUT2D eigenvalue weighted by Gasteiger charge is 2.24. The van der Waals surface area contributed by atoms with Crippen LogP contribution in [0.3, 0.4) is 0 Å². The number of halogens is 2. The molecule has 8 heteroatoms. The van der Waals surface area contributed by atoms with Gasteiger partial charge in [0.1, 0.15) is 5.02 Å². The first kappa shape index (κ1) is 21.4. The molecule has 0 radical (unpaired) electrons. The lowest BCUT2D eigenvalue weighted by Crippen LogP contribution is -2.49. The van der Waals surface area contributed by atoms with Gasteiger partial charge in [0.25, 0.3) is 5.56 Å². The van der Waals surface area contributed by atoms with E-state index in [1.807, 2.05) is 52.3 Å². The molecule has 1 aliphatic rings. The normalized spacial score (nSPS) is 14.0. The van der Waals surface area contributed by atoms with Crippen LogP contribution in [-0.4, -0.2) is 46.8 Å². The fourth-order valence-corrected chi connectivity index (χ4v) is 4.16. The largest absolute Gasteiger partial charge is 0.365 e. The van der Waals surface area contributed by atoms with Crippen molar-refractivity contribution in [2.24, 2.45) is 0 Å². The predicted octanol–water partition coefficient (Wildman–Crippen LogP) is 3.82. The number of carbonyl (C=O) groups excluding carboxylic acids is 1. The van der Waals surface area contributed by atoms with E-state index in [1.165, 1.54) is 4.68 Å². The Hall–Kier alpha value is -2.83. The molecule has 0 N–H and O–H groups in total. The number of rotatable bonds is 5. The van der Waals surface area contributed by atoms with Crippen molar-refractivity contribution in [2.75, 3.05) is 31.1 Å². The van der Waals surface area contributed by atoms with Crippen LogP contribution in [0.5, 0.6) is 0 Å². The van der Waals surface area contributed by atoms with Gasteiger partial charge in [-0.15, -0.1) is 0 Å². The van der Waals surface area contributed by atoms with Crippen LogP contribution in [0.4, 0.5) is 5.69 Å². The molecule has 0 spiro atoms. The first-order chi connectivity index (χ1) is 15.0. The number of benzene rings is 2. The molecule has 1 aromatic heterocycles. The van der Waals surface area contributed by atoms with Gasteiger partial charge < -0.3 is 9.80 Å². The molecule has 0 aliphatic carbocycles. The van der Waals surface area contributed by atoms with E-state index in [0.29, 0.717) is 55.4 Å². The van der Waals surface area contributed by atoms with Crippen LogP contribution in [0, 0.1) is 0 Å². The van der Waals surface area contributed by atoms with Gasteiger partial charge in [0.05, 0.1) is 17.6 Å². The molecule has 1 amide bonds. The van der Waals surface area contributed by atoms with E-state index in [4.69, 9.17) is 23.2 Å². The highest BCUT2D eigenvalue weighted by molar-refractivity contribution is 6.33. The summed E-state index contributed by atoms with van der Waals surface area (Å²) in [5.41, 5.74) is 1.96. The molecule has 4 rings (SSSR count). The van der Waals surface area contributed by atoms with E-state index < -0.39 is 0 Å². The van der Waals surface area contributed by atoms with Crippen molar-refractivity contribution in [2.45, 2.75) is 12.8 Å². The number of para-hydroxylation sites is 1. The van der Waals surface area contributed by atoms with Gasteiger partial charge in [-0.25, -0.2) is 0 Å². The predicted molar refractivity (Wildman–Crippen MR) is 123 cm³/mol. The fraction of sp³-hybridized carbons (Fsp3) is 0.261. The average Bonchev–Trinajstić information content (AvgIpc) is 2.80. The zero-order valence-electron chi connectivity index (χ0n) is 16.9. The van der Waals surface area contributed by atoms with E-state index >= 15 is 0 Å². The van der Waals surface area contributed by atoms with Crippen LogP contribution in [0.1, 0.15) is 12.0 Å². The van der Waals surface area contributed by atoms with Crippen LogP contribution in [0.2, 0.25) is 10.0 Å². The second-order valence-corrected chi connectivity index (χ2v) is 8.21. The van der Waals surface area contributed by atoms with Crippen molar-refractivity contribution in [3.63, 3.8) is 0 Å². The molecule has 1 fully saturated rings. The molecule has 2 aromatic carbocycles. The molecule has 0 bridgehead atoms. The van der Waals surface area contributed by atoms with Crippen LogP contribution < -0.4 is 10.5 Å². The number of carbonyl (C=O) groups is 1. The standard InChI is InChI=1S/C23H22Cl2N4O2/c24-18-6-4-5-17(15-18)9-10-21(30)28-13-11-27(12-14-28)20-16-26-29(23(31)22(20)25)19-7-2-1-3-8-19/h1-8,15-16H,9-14H2. The minimum atomic E-state index is -0.356. The van der Waals surface area contributed by atoms with Gasteiger partial charge in [0, 0.05) is 37.6 Å². The number of aromatic nitrogens is 2. The minimum absolute atomic E-state index is 0.114. The van der Waals surface area contributed by atoms with Gasteiger partial charge in [-0.2, -0.15) is 9.78 Å². The molecular weight excluding hydrogens is 435 g/mol. The van der Waals surface area contributed by atoms with Crippen molar-refractivity contribution < 1.29 is 4.79 Å². The lowest BCUT2D eigenvalue weighted by molar-refractivity contribution is -0.131. The molecule has 0 saturated carbocycles. The van der Waals surface area contributed by atoms with E-state index in [0.717, 1.165) is 5.56 Å². The van der Waals surface area contributed by atoms with Gasteiger partial charge in [-0.05, 0) is 36.2 Å². The molecule has 1 aliphatic heterocycles. The number of aryl methyl sites for hydroxylation is 1. The summed E-state index contributed by atoms with van der Waals surface area (Å²) in [6.07, 6.45) is 2.72.